The molecule has 5 nitrogen and oxygen atoms in total. The molecule has 0 spiro atoms. The lowest BCUT2D eigenvalue weighted by Crippen LogP contribution is -2.42. The Morgan fingerprint density at radius 2 is 1.82 bits per heavy atom. The molecule has 0 bridgehead atoms. The summed E-state index contributed by atoms with van der Waals surface area (Å²) >= 11 is 6.18. The maximum atomic E-state index is 12.6. The summed E-state index contributed by atoms with van der Waals surface area (Å²) in [7, 11) is 0. The van der Waals surface area contributed by atoms with Gasteiger partial charge in [0.15, 0.2) is 0 Å². The summed E-state index contributed by atoms with van der Waals surface area (Å²) in [6.07, 6.45) is 10.0. The average molecular weight is 478 g/mol. The van der Waals surface area contributed by atoms with Crippen molar-refractivity contribution in [1.29, 1.82) is 0 Å². The van der Waals surface area contributed by atoms with Gasteiger partial charge in [-0.25, -0.2) is 0 Å². The van der Waals surface area contributed by atoms with Crippen molar-refractivity contribution in [1.82, 2.24) is 14.8 Å². The predicted octanol–water partition coefficient (Wildman–Crippen LogP) is 5.66. The fraction of sp³-hybridized carbons (Fsp3) is 0.393. The number of hydrogen-bond acceptors (Lipinski definition) is 3. The summed E-state index contributed by atoms with van der Waals surface area (Å²) in [5, 5.41) is 11.7. The fourth-order valence-corrected chi connectivity index (χ4v) is 5.67. The molecule has 34 heavy (non-hydrogen) atoms. The van der Waals surface area contributed by atoms with Crippen molar-refractivity contribution in [3.63, 3.8) is 0 Å². The van der Waals surface area contributed by atoms with E-state index >= 15 is 0 Å². The van der Waals surface area contributed by atoms with Gasteiger partial charge >= 0.3 is 0 Å². The summed E-state index contributed by atoms with van der Waals surface area (Å²) in [6, 6.07) is 13.1. The average Bonchev–Trinajstić information content (AvgIpc) is 3.27. The van der Waals surface area contributed by atoms with Crippen LogP contribution in [-0.4, -0.2) is 58.5 Å². The molecule has 2 aromatic carbocycles. The molecule has 2 fully saturated rings. The van der Waals surface area contributed by atoms with Crippen LogP contribution >= 0.6 is 11.6 Å². The van der Waals surface area contributed by atoms with Crippen LogP contribution in [0.3, 0.4) is 0 Å². The van der Waals surface area contributed by atoms with Crippen LogP contribution in [0.4, 0.5) is 0 Å². The molecule has 3 heterocycles. The third-order valence-electron chi connectivity index (χ3n) is 7.48. The molecule has 0 aliphatic carbocycles. The molecule has 0 saturated carbocycles. The quantitative estimate of drug-likeness (QED) is 0.466. The number of likely N-dealkylation sites (tertiary alicyclic amines) is 2. The van der Waals surface area contributed by atoms with E-state index in [9.17, 15) is 9.90 Å². The Morgan fingerprint density at radius 3 is 2.59 bits per heavy atom. The first kappa shape index (κ1) is 23.0. The third kappa shape index (κ3) is 5.16. The van der Waals surface area contributed by atoms with Crippen LogP contribution in [0, 0.1) is 5.92 Å². The lowest BCUT2D eigenvalue weighted by molar-refractivity contribution is -0.127. The number of carbonyl (C=O) groups excluding carboxylic acids is 1. The summed E-state index contributed by atoms with van der Waals surface area (Å²) in [6.45, 7) is 4.99. The molecule has 3 aromatic rings. The number of aromatic hydroxyl groups is 1. The monoisotopic (exact) mass is 477 g/mol. The number of piperidine rings is 2. The second-order valence-corrected chi connectivity index (χ2v) is 10.1. The van der Waals surface area contributed by atoms with Crippen molar-refractivity contribution < 1.29 is 9.90 Å². The molecule has 2 N–H and O–H groups in total. The molecule has 5 rings (SSSR count). The van der Waals surface area contributed by atoms with Crippen molar-refractivity contribution in [2.24, 2.45) is 5.92 Å². The molecule has 0 unspecified atom stereocenters. The van der Waals surface area contributed by atoms with Gasteiger partial charge in [-0.2, -0.15) is 0 Å². The van der Waals surface area contributed by atoms with Crippen molar-refractivity contribution in [2.45, 2.75) is 31.6 Å². The zero-order valence-electron chi connectivity index (χ0n) is 19.4. The number of hydrogen-bond donors (Lipinski definition) is 2. The van der Waals surface area contributed by atoms with Crippen LogP contribution in [0.5, 0.6) is 5.75 Å². The molecule has 1 aromatic heterocycles. The van der Waals surface area contributed by atoms with Crippen LogP contribution < -0.4 is 0 Å². The Labute approximate surface area is 206 Å². The first-order valence-electron chi connectivity index (χ1n) is 12.3. The van der Waals surface area contributed by atoms with Crippen LogP contribution in [0.1, 0.15) is 42.7 Å². The van der Waals surface area contributed by atoms with E-state index in [-0.39, 0.29) is 5.91 Å². The maximum absolute atomic E-state index is 12.6. The summed E-state index contributed by atoms with van der Waals surface area (Å²) < 4.78 is 0. The van der Waals surface area contributed by atoms with Gasteiger partial charge in [0.25, 0.3) is 0 Å². The van der Waals surface area contributed by atoms with E-state index in [0.29, 0.717) is 22.6 Å². The van der Waals surface area contributed by atoms with Gasteiger partial charge in [-0.15, -0.1) is 0 Å². The molecule has 2 aliphatic heterocycles. The van der Waals surface area contributed by atoms with E-state index in [1.165, 1.54) is 5.56 Å². The van der Waals surface area contributed by atoms with Crippen molar-refractivity contribution >= 4 is 34.5 Å². The van der Waals surface area contributed by atoms with Crippen molar-refractivity contribution in [3.05, 3.63) is 70.9 Å². The van der Waals surface area contributed by atoms with Gasteiger partial charge in [0.1, 0.15) is 5.75 Å². The minimum absolute atomic E-state index is 0.0731. The smallest absolute Gasteiger partial charge is 0.246 e. The van der Waals surface area contributed by atoms with Gasteiger partial charge in [-0.05, 0) is 92.1 Å². The highest BCUT2D eigenvalue weighted by Crippen LogP contribution is 2.35. The molecule has 0 radical (unpaired) electrons. The number of benzene rings is 2. The topological polar surface area (TPSA) is 59.6 Å². The highest BCUT2D eigenvalue weighted by molar-refractivity contribution is 6.32. The van der Waals surface area contributed by atoms with Crippen molar-refractivity contribution in [2.75, 3.05) is 32.7 Å². The Balaban J connectivity index is 1.08. The Morgan fingerprint density at radius 1 is 1.06 bits per heavy atom. The number of fused-ring (bicyclic) bond motifs is 1. The first-order valence-corrected chi connectivity index (χ1v) is 12.7. The van der Waals surface area contributed by atoms with Crippen molar-refractivity contribution in [3.8, 4) is 5.75 Å². The number of rotatable bonds is 5. The van der Waals surface area contributed by atoms with E-state index in [2.05, 4.69) is 16.1 Å². The molecular weight excluding hydrogens is 446 g/mol. The Kier molecular flexibility index (Phi) is 6.93. The van der Waals surface area contributed by atoms with Crippen LogP contribution in [0.25, 0.3) is 17.0 Å². The Bertz CT molecular complexity index is 1170. The van der Waals surface area contributed by atoms with Gasteiger partial charge in [-0.3, -0.25) is 4.79 Å². The number of amides is 1. The molecule has 6 heteroatoms. The number of phenolic OH excluding ortho intramolecular Hbond substituents is 1. The third-order valence-corrected chi connectivity index (χ3v) is 7.82. The predicted molar refractivity (Wildman–Crippen MR) is 138 cm³/mol. The molecule has 2 saturated heterocycles. The van der Waals surface area contributed by atoms with E-state index < -0.39 is 0 Å². The number of aromatic amines is 1. The minimum Gasteiger partial charge on any atom is -0.508 e. The minimum atomic E-state index is 0.0731. The molecule has 2 aliphatic rings. The second kappa shape index (κ2) is 10.2. The summed E-state index contributed by atoms with van der Waals surface area (Å²) in [4.78, 5) is 20.5. The highest BCUT2D eigenvalue weighted by Gasteiger charge is 2.27. The second-order valence-electron chi connectivity index (χ2n) is 9.67. The Hall–Kier alpha value is -2.76. The number of phenols is 1. The number of carbonyl (C=O) groups is 1. The molecular formula is C28H32ClN3O2. The largest absolute Gasteiger partial charge is 0.508 e. The number of H-pyrrole nitrogens is 1. The van der Waals surface area contributed by atoms with Crippen LogP contribution in [0.2, 0.25) is 5.02 Å². The van der Waals surface area contributed by atoms with Gasteiger partial charge in [0, 0.05) is 47.8 Å². The van der Waals surface area contributed by atoms with E-state index in [1.807, 2.05) is 47.4 Å². The van der Waals surface area contributed by atoms with E-state index in [0.717, 1.165) is 74.9 Å². The van der Waals surface area contributed by atoms with E-state index in [4.69, 9.17) is 11.6 Å². The standard InChI is InChI=1S/C28H32ClN3O2/c29-26-4-2-1-3-22(26)5-8-28(34)32-15-9-20(10-16-32)19-31-13-11-21(12-14-31)25-18-30-27-7-6-23(33)17-24(25)27/h1-8,17-18,20-21,30,33H,9-16,19H2. The molecule has 1 amide bonds. The fourth-order valence-electron chi connectivity index (χ4n) is 5.47. The highest BCUT2D eigenvalue weighted by atomic mass is 35.5. The molecule has 178 valence electrons. The maximum Gasteiger partial charge on any atom is 0.246 e. The first-order chi connectivity index (χ1) is 16.6. The van der Waals surface area contributed by atoms with Gasteiger partial charge in [0.2, 0.25) is 5.91 Å². The summed E-state index contributed by atoms with van der Waals surface area (Å²) in [5.41, 5.74) is 3.31. The zero-order chi connectivity index (χ0) is 23.5. The van der Waals surface area contributed by atoms with Gasteiger partial charge in [0.05, 0.1) is 0 Å². The SMILES string of the molecule is O=C(C=Cc1ccccc1Cl)N1CCC(CN2CCC(c3c[nH]c4ccc(O)cc34)CC2)CC1. The van der Waals surface area contributed by atoms with Crippen LogP contribution in [0.15, 0.2) is 54.7 Å². The number of nitrogens with zero attached hydrogens (tertiary/aromatic N) is 2. The number of aromatic nitrogens is 1. The van der Waals surface area contributed by atoms with Crippen LogP contribution in [-0.2, 0) is 4.79 Å². The zero-order valence-corrected chi connectivity index (χ0v) is 20.2. The van der Waals surface area contributed by atoms with Gasteiger partial charge in [-0.1, -0.05) is 29.8 Å². The van der Waals surface area contributed by atoms with Gasteiger partial charge < -0.3 is 19.9 Å². The molecule has 0 atom stereocenters. The lowest BCUT2D eigenvalue weighted by Gasteiger charge is -2.37. The summed E-state index contributed by atoms with van der Waals surface area (Å²) in [5.74, 6) is 1.59. The normalized spacial score (nSPS) is 18.8. The number of nitrogens with one attached hydrogen (secondary N) is 1. The van der Waals surface area contributed by atoms with E-state index in [1.54, 1.807) is 12.1 Å². The number of halogens is 1. The lowest BCUT2D eigenvalue weighted by atomic mass is 9.88.